The Morgan fingerprint density at radius 2 is 1.78 bits per heavy atom. The third-order valence-corrected chi connectivity index (χ3v) is 1.98. The highest BCUT2D eigenvalue weighted by atomic mass is 19.1. The van der Waals surface area contributed by atoms with E-state index in [0.29, 0.717) is 12.8 Å². The average molecular weight is 134 g/mol. The van der Waals surface area contributed by atoms with E-state index >= 15 is 0 Å². The van der Waals surface area contributed by atoms with E-state index in [2.05, 4.69) is 0 Å². The Balaban J connectivity index is 2.36. The number of hydrogen-bond acceptors (Lipinski definition) is 2. The van der Waals surface area contributed by atoms with Crippen LogP contribution in [0.25, 0.3) is 0 Å². The molecule has 2 nitrogen and oxygen atoms in total. The van der Waals surface area contributed by atoms with Crippen molar-refractivity contribution in [1.29, 1.82) is 0 Å². The molecule has 0 amide bonds. The minimum absolute atomic E-state index is 0.0933. The van der Waals surface area contributed by atoms with Gasteiger partial charge >= 0.3 is 0 Å². The Morgan fingerprint density at radius 3 is 1.89 bits per heavy atom. The minimum atomic E-state index is -0.802. The fourth-order valence-corrected chi connectivity index (χ4v) is 1.19. The van der Waals surface area contributed by atoms with Gasteiger partial charge in [0.05, 0.1) is 13.2 Å². The first-order chi connectivity index (χ1) is 4.22. The van der Waals surface area contributed by atoms with Crippen LogP contribution in [0.5, 0.6) is 0 Å². The van der Waals surface area contributed by atoms with Crippen molar-refractivity contribution >= 4 is 0 Å². The van der Waals surface area contributed by atoms with Gasteiger partial charge in [-0.25, -0.2) is 4.39 Å². The van der Waals surface area contributed by atoms with Gasteiger partial charge in [0.2, 0.25) is 0 Å². The van der Waals surface area contributed by atoms with Crippen LogP contribution in [0.1, 0.15) is 12.8 Å². The molecule has 0 radical (unpaired) electrons. The standard InChI is InChI=1S/C6H11FO2/c7-5-1-6(2-5,3-8)4-9/h5,8-9H,1-4H2. The maximum atomic E-state index is 12.2. The SMILES string of the molecule is OCC1(CO)CC(F)C1. The Kier molecular flexibility index (Phi) is 1.73. The summed E-state index contributed by atoms with van der Waals surface area (Å²) in [7, 11) is 0. The van der Waals surface area contributed by atoms with E-state index < -0.39 is 11.6 Å². The largest absolute Gasteiger partial charge is 0.396 e. The van der Waals surface area contributed by atoms with E-state index in [4.69, 9.17) is 10.2 Å². The quantitative estimate of drug-likeness (QED) is 0.562. The number of halogens is 1. The van der Waals surface area contributed by atoms with Crippen LogP contribution < -0.4 is 0 Å². The Morgan fingerprint density at radius 1 is 1.33 bits per heavy atom. The molecule has 3 heteroatoms. The van der Waals surface area contributed by atoms with Crippen molar-refractivity contribution < 1.29 is 14.6 Å². The second-order valence-electron chi connectivity index (χ2n) is 2.82. The molecule has 2 N–H and O–H groups in total. The molecule has 1 saturated carbocycles. The van der Waals surface area contributed by atoms with Crippen molar-refractivity contribution in [2.75, 3.05) is 13.2 Å². The van der Waals surface area contributed by atoms with Crippen LogP contribution in [0.15, 0.2) is 0 Å². The molecule has 1 rings (SSSR count). The summed E-state index contributed by atoms with van der Waals surface area (Å²) in [4.78, 5) is 0. The molecule has 0 aromatic heterocycles. The van der Waals surface area contributed by atoms with E-state index in [0.717, 1.165) is 0 Å². The Labute approximate surface area is 53.3 Å². The molecule has 1 fully saturated rings. The second-order valence-corrected chi connectivity index (χ2v) is 2.82. The Bertz CT molecular complexity index is 93.2. The first-order valence-corrected chi connectivity index (χ1v) is 3.08. The number of aliphatic hydroxyl groups excluding tert-OH is 2. The lowest BCUT2D eigenvalue weighted by atomic mass is 9.69. The van der Waals surface area contributed by atoms with E-state index in [9.17, 15) is 4.39 Å². The van der Waals surface area contributed by atoms with Crippen LogP contribution in [0.2, 0.25) is 0 Å². The van der Waals surface area contributed by atoms with Crippen LogP contribution in [-0.4, -0.2) is 29.6 Å². The molecule has 1 aliphatic rings. The number of rotatable bonds is 2. The highest BCUT2D eigenvalue weighted by molar-refractivity contribution is 4.92. The minimum Gasteiger partial charge on any atom is -0.396 e. The van der Waals surface area contributed by atoms with Gasteiger partial charge in [-0.2, -0.15) is 0 Å². The molecule has 54 valence electrons. The fourth-order valence-electron chi connectivity index (χ4n) is 1.19. The summed E-state index contributed by atoms with van der Waals surface area (Å²) in [5.74, 6) is 0. The molecule has 0 heterocycles. The lowest BCUT2D eigenvalue weighted by molar-refractivity contribution is -0.0598. The molecule has 0 unspecified atom stereocenters. The summed E-state index contributed by atoms with van der Waals surface area (Å²) < 4.78 is 12.2. The number of hydrogen-bond donors (Lipinski definition) is 2. The van der Waals surface area contributed by atoms with Gasteiger partial charge in [-0.05, 0) is 12.8 Å². The summed E-state index contributed by atoms with van der Waals surface area (Å²) in [5.41, 5.74) is -0.487. The highest BCUT2D eigenvalue weighted by Crippen LogP contribution is 2.41. The molecular weight excluding hydrogens is 123 g/mol. The van der Waals surface area contributed by atoms with Crippen LogP contribution in [0.3, 0.4) is 0 Å². The summed E-state index contributed by atoms with van der Waals surface area (Å²) >= 11 is 0. The predicted octanol–water partition coefficient (Wildman–Crippen LogP) is 0.0893. The molecule has 1 aliphatic carbocycles. The van der Waals surface area contributed by atoms with Gasteiger partial charge in [0.25, 0.3) is 0 Å². The van der Waals surface area contributed by atoms with Gasteiger partial charge in [-0.15, -0.1) is 0 Å². The van der Waals surface area contributed by atoms with Crippen molar-refractivity contribution in [1.82, 2.24) is 0 Å². The molecule has 0 aromatic rings. The van der Waals surface area contributed by atoms with Crippen LogP contribution >= 0.6 is 0 Å². The molecule has 0 bridgehead atoms. The van der Waals surface area contributed by atoms with Gasteiger partial charge in [0.15, 0.2) is 0 Å². The van der Waals surface area contributed by atoms with Gasteiger partial charge in [-0.3, -0.25) is 0 Å². The molecule has 0 atom stereocenters. The van der Waals surface area contributed by atoms with Gasteiger partial charge in [-0.1, -0.05) is 0 Å². The smallest absolute Gasteiger partial charge is 0.102 e. The normalized spacial score (nSPS) is 25.7. The third kappa shape index (κ3) is 1.07. The molecule has 9 heavy (non-hydrogen) atoms. The topological polar surface area (TPSA) is 40.5 Å². The predicted molar refractivity (Wildman–Crippen MR) is 30.7 cm³/mol. The average Bonchev–Trinajstić information content (AvgIpc) is 1.81. The molecule has 0 aromatic carbocycles. The van der Waals surface area contributed by atoms with Crippen molar-refractivity contribution in [3.05, 3.63) is 0 Å². The Hall–Kier alpha value is -0.150. The lowest BCUT2D eigenvalue weighted by Gasteiger charge is -2.41. The van der Waals surface area contributed by atoms with Gasteiger partial charge < -0.3 is 10.2 Å². The van der Waals surface area contributed by atoms with E-state index in [1.165, 1.54) is 0 Å². The first kappa shape index (κ1) is 6.96. The zero-order valence-corrected chi connectivity index (χ0v) is 5.18. The van der Waals surface area contributed by atoms with Crippen molar-refractivity contribution in [2.24, 2.45) is 5.41 Å². The summed E-state index contributed by atoms with van der Waals surface area (Å²) in [6.07, 6.45) is -0.163. The first-order valence-electron chi connectivity index (χ1n) is 3.08. The fraction of sp³-hybridized carbons (Fsp3) is 1.00. The maximum Gasteiger partial charge on any atom is 0.102 e. The summed E-state index contributed by atoms with van der Waals surface area (Å²) in [5, 5.41) is 17.3. The molecule has 0 spiro atoms. The second kappa shape index (κ2) is 2.23. The lowest BCUT2D eigenvalue weighted by Crippen LogP contribution is -2.44. The molecule has 0 aliphatic heterocycles. The maximum absolute atomic E-state index is 12.2. The summed E-state index contributed by atoms with van der Waals surface area (Å²) in [6, 6.07) is 0. The highest BCUT2D eigenvalue weighted by Gasteiger charge is 2.43. The number of alkyl halides is 1. The summed E-state index contributed by atoms with van der Waals surface area (Å²) in [6.45, 7) is -0.187. The van der Waals surface area contributed by atoms with E-state index in [1.54, 1.807) is 0 Å². The zero-order valence-electron chi connectivity index (χ0n) is 5.18. The van der Waals surface area contributed by atoms with Crippen LogP contribution in [0, 0.1) is 5.41 Å². The molecule has 0 saturated heterocycles. The zero-order chi connectivity index (χ0) is 6.91. The van der Waals surface area contributed by atoms with Crippen LogP contribution in [0.4, 0.5) is 4.39 Å². The van der Waals surface area contributed by atoms with E-state index in [-0.39, 0.29) is 13.2 Å². The molecular formula is C6H11FO2. The van der Waals surface area contributed by atoms with E-state index in [1.807, 2.05) is 0 Å². The third-order valence-electron chi connectivity index (χ3n) is 1.98. The van der Waals surface area contributed by atoms with Crippen molar-refractivity contribution in [2.45, 2.75) is 19.0 Å². The number of aliphatic hydroxyl groups is 2. The van der Waals surface area contributed by atoms with Gasteiger partial charge in [0.1, 0.15) is 6.17 Å². The monoisotopic (exact) mass is 134 g/mol. The van der Waals surface area contributed by atoms with Gasteiger partial charge in [0, 0.05) is 5.41 Å². The van der Waals surface area contributed by atoms with Crippen LogP contribution in [-0.2, 0) is 0 Å². The van der Waals surface area contributed by atoms with Crippen molar-refractivity contribution in [3.8, 4) is 0 Å². The van der Waals surface area contributed by atoms with Crippen molar-refractivity contribution in [3.63, 3.8) is 0 Å².